The lowest BCUT2D eigenvalue weighted by Gasteiger charge is -2.09. The average molecular weight is 230 g/mol. The minimum Gasteiger partial charge on any atom is -0.212 e. The Balaban J connectivity index is 3.75. The zero-order chi connectivity index (χ0) is 8.20. The van der Waals surface area contributed by atoms with Crippen LogP contribution in [0.15, 0.2) is 0 Å². The average Bonchev–Trinajstić information content (AvgIpc) is 1.80. The molecule has 0 aliphatic carbocycles. The summed E-state index contributed by atoms with van der Waals surface area (Å²) in [5, 5.41) is 0. The van der Waals surface area contributed by atoms with Crippen LogP contribution in [0.4, 0.5) is 0 Å². The van der Waals surface area contributed by atoms with Gasteiger partial charge in [0.25, 0.3) is 0 Å². The molecule has 0 heterocycles. The summed E-state index contributed by atoms with van der Waals surface area (Å²) < 4.78 is 22.6. The van der Waals surface area contributed by atoms with Gasteiger partial charge in [-0.1, -0.05) is 13.3 Å². The third-order valence-electron chi connectivity index (χ3n) is 1.05. The first-order chi connectivity index (χ1) is 4.48. The third-order valence-corrected chi connectivity index (χ3v) is 3.88. The Morgan fingerprint density at radius 2 is 2.00 bits per heavy atom. The Hall–Kier alpha value is 0.390. The van der Waals surface area contributed by atoms with Gasteiger partial charge in [0.05, 0.1) is 6.26 Å². The van der Waals surface area contributed by atoms with Crippen LogP contribution in [0, 0.1) is 0 Å². The van der Waals surface area contributed by atoms with Gasteiger partial charge in [0.1, 0.15) is 0 Å². The molecule has 0 fully saturated rings. The van der Waals surface area contributed by atoms with Crippen molar-refractivity contribution in [2.75, 3.05) is 12.8 Å². The lowest BCUT2D eigenvalue weighted by Crippen LogP contribution is -2.20. The molecule has 0 aliphatic rings. The summed E-state index contributed by atoms with van der Waals surface area (Å²) in [4.78, 5) is 0. The first-order valence-corrected chi connectivity index (χ1v) is 5.67. The largest absolute Gasteiger partial charge is 0.220 e. The smallest absolute Gasteiger partial charge is 0.212 e. The van der Waals surface area contributed by atoms with Gasteiger partial charge >= 0.3 is 0 Å². The monoisotopic (exact) mass is 229 g/mol. The van der Waals surface area contributed by atoms with Gasteiger partial charge in [0.2, 0.25) is 10.0 Å². The molecular formula is C5H12BrNO2S. The summed E-state index contributed by atoms with van der Waals surface area (Å²) in [6, 6.07) is 0. The minimum atomic E-state index is -3.03. The van der Waals surface area contributed by atoms with E-state index in [1.807, 2.05) is 6.92 Å². The summed E-state index contributed by atoms with van der Waals surface area (Å²) in [6.07, 6.45) is 3.06. The van der Waals surface area contributed by atoms with E-state index in [0.717, 1.165) is 12.8 Å². The van der Waals surface area contributed by atoms with Crippen LogP contribution in [0.1, 0.15) is 19.8 Å². The van der Waals surface area contributed by atoms with Gasteiger partial charge in [-0.05, 0) is 6.42 Å². The van der Waals surface area contributed by atoms with Gasteiger partial charge in [-0.25, -0.2) is 8.42 Å². The molecule has 0 radical (unpaired) electrons. The van der Waals surface area contributed by atoms with Crippen LogP contribution in [0.2, 0.25) is 0 Å². The Bertz CT molecular complexity index is 178. The Morgan fingerprint density at radius 3 is 2.30 bits per heavy atom. The molecule has 0 aliphatic heterocycles. The van der Waals surface area contributed by atoms with Crippen LogP contribution < -0.4 is 0 Å². The highest BCUT2D eigenvalue weighted by atomic mass is 79.9. The molecule has 0 amide bonds. The quantitative estimate of drug-likeness (QED) is 0.684. The van der Waals surface area contributed by atoms with Crippen molar-refractivity contribution in [1.29, 1.82) is 0 Å². The van der Waals surface area contributed by atoms with Crippen molar-refractivity contribution in [3.8, 4) is 0 Å². The molecule has 0 rings (SSSR count). The molecule has 0 aromatic carbocycles. The zero-order valence-electron chi connectivity index (χ0n) is 6.17. The number of halogens is 1. The molecule has 0 bridgehead atoms. The van der Waals surface area contributed by atoms with E-state index in [0.29, 0.717) is 6.54 Å². The Kier molecular flexibility index (Phi) is 4.47. The van der Waals surface area contributed by atoms with Crippen LogP contribution in [0.5, 0.6) is 0 Å². The number of sulfonamides is 1. The summed E-state index contributed by atoms with van der Waals surface area (Å²) >= 11 is 2.94. The molecule has 0 aromatic heterocycles. The minimum absolute atomic E-state index is 0.551. The summed E-state index contributed by atoms with van der Waals surface area (Å²) in [5.74, 6) is 0. The molecule has 0 saturated carbocycles. The number of hydrogen-bond donors (Lipinski definition) is 0. The van der Waals surface area contributed by atoms with Crippen molar-refractivity contribution in [3.63, 3.8) is 0 Å². The Morgan fingerprint density at radius 1 is 1.50 bits per heavy atom. The van der Waals surface area contributed by atoms with Crippen molar-refractivity contribution < 1.29 is 8.42 Å². The maximum Gasteiger partial charge on any atom is 0.220 e. The van der Waals surface area contributed by atoms with Crippen LogP contribution in [-0.2, 0) is 10.0 Å². The second-order valence-electron chi connectivity index (χ2n) is 2.13. The summed E-state index contributed by atoms with van der Waals surface area (Å²) in [5.41, 5.74) is 0. The molecule has 0 N–H and O–H groups in total. The van der Waals surface area contributed by atoms with Crippen LogP contribution >= 0.6 is 16.1 Å². The van der Waals surface area contributed by atoms with Gasteiger partial charge in [0, 0.05) is 22.7 Å². The van der Waals surface area contributed by atoms with E-state index < -0.39 is 10.0 Å². The highest BCUT2D eigenvalue weighted by Gasteiger charge is 2.10. The predicted molar refractivity (Wildman–Crippen MR) is 45.4 cm³/mol. The third kappa shape index (κ3) is 4.24. The number of rotatable bonds is 4. The first-order valence-electron chi connectivity index (χ1n) is 3.12. The fourth-order valence-corrected chi connectivity index (χ4v) is 1.16. The summed E-state index contributed by atoms with van der Waals surface area (Å²) in [6.45, 7) is 2.57. The molecule has 10 heavy (non-hydrogen) atoms. The number of unbranched alkanes of at least 4 members (excludes halogenated alkanes) is 1. The number of nitrogens with zero attached hydrogens (tertiary/aromatic N) is 1. The van der Waals surface area contributed by atoms with Crippen LogP contribution in [0.3, 0.4) is 0 Å². The van der Waals surface area contributed by atoms with Crippen LogP contribution in [-0.4, -0.2) is 24.5 Å². The number of hydrogen-bond acceptors (Lipinski definition) is 2. The maximum atomic E-state index is 10.7. The van der Waals surface area contributed by atoms with E-state index in [2.05, 4.69) is 16.1 Å². The fourth-order valence-electron chi connectivity index (χ4n) is 0.448. The van der Waals surface area contributed by atoms with E-state index in [4.69, 9.17) is 0 Å². The normalized spacial score (nSPS) is 12.4. The SMILES string of the molecule is CCCCN(Br)S(C)(=O)=O. The molecule has 5 heteroatoms. The van der Waals surface area contributed by atoms with Gasteiger partial charge < -0.3 is 0 Å². The fraction of sp³-hybridized carbons (Fsp3) is 1.00. The van der Waals surface area contributed by atoms with E-state index in [1.54, 1.807) is 0 Å². The lowest BCUT2D eigenvalue weighted by molar-refractivity contribution is 0.544. The topological polar surface area (TPSA) is 37.4 Å². The molecule has 3 nitrogen and oxygen atoms in total. The van der Waals surface area contributed by atoms with E-state index in [9.17, 15) is 8.42 Å². The second-order valence-corrected chi connectivity index (χ2v) is 5.36. The van der Waals surface area contributed by atoms with Crippen molar-refractivity contribution in [3.05, 3.63) is 0 Å². The van der Waals surface area contributed by atoms with Gasteiger partial charge in [-0.2, -0.15) is 0 Å². The molecule has 62 valence electrons. The predicted octanol–water partition coefficient (Wildman–Crippen LogP) is 1.36. The molecule has 0 aromatic rings. The summed E-state index contributed by atoms with van der Waals surface area (Å²) in [7, 11) is -3.03. The highest BCUT2D eigenvalue weighted by Crippen LogP contribution is 2.06. The first kappa shape index (κ1) is 10.4. The van der Waals surface area contributed by atoms with Crippen LogP contribution in [0.25, 0.3) is 0 Å². The maximum absolute atomic E-state index is 10.7. The highest BCUT2D eigenvalue weighted by molar-refractivity contribution is 9.08. The zero-order valence-corrected chi connectivity index (χ0v) is 8.57. The second kappa shape index (κ2) is 4.31. The van der Waals surface area contributed by atoms with Crippen molar-refractivity contribution in [1.82, 2.24) is 3.33 Å². The van der Waals surface area contributed by atoms with Gasteiger partial charge in [-0.3, -0.25) is 0 Å². The van der Waals surface area contributed by atoms with Gasteiger partial charge in [0.15, 0.2) is 0 Å². The molecular weight excluding hydrogens is 218 g/mol. The molecule has 0 atom stereocenters. The van der Waals surface area contributed by atoms with Crippen molar-refractivity contribution in [2.24, 2.45) is 0 Å². The van der Waals surface area contributed by atoms with E-state index in [1.165, 1.54) is 9.59 Å². The molecule has 0 saturated heterocycles. The van der Waals surface area contributed by atoms with E-state index in [-0.39, 0.29) is 0 Å². The van der Waals surface area contributed by atoms with Crippen molar-refractivity contribution in [2.45, 2.75) is 19.8 Å². The van der Waals surface area contributed by atoms with Gasteiger partial charge in [-0.15, -0.1) is 3.33 Å². The molecule has 0 unspecified atom stereocenters. The molecule has 0 spiro atoms. The Labute approximate surface area is 70.8 Å². The standard InChI is InChI=1S/C5H12BrNO2S/c1-3-4-5-7(6)10(2,8)9/h3-5H2,1-2H3. The van der Waals surface area contributed by atoms with Crippen molar-refractivity contribution >= 4 is 26.2 Å². The lowest BCUT2D eigenvalue weighted by atomic mass is 10.3. The van der Waals surface area contributed by atoms with E-state index >= 15 is 0 Å².